The lowest BCUT2D eigenvalue weighted by atomic mass is 9.98. The fourth-order valence-corrected chi connectivity index (χ4v) is 5.79. The van der Waals surface area contributed by atoms with E-state index in [0.29, 0.717) is 16.9 Å². The van der Waals surface area contributed by atoms with Crippen molar-refractivity contribution in [2.24, 2.45) is 0 Å². The number of aryl methyl sites for hydroxylation is 1. The minimum Gasteiger partial charge on any atom is -0.478 e. The number of halogens is 2. The second kappa shape index (κ2) is 8.96. The molecule has 0 spiro atoms. The van der Waals surface area contributed by atoms with E-state index in [0.717, 1.165) is 44.3 Å². The van der Waals surface area contributed by atoms with Crippen molar-refractivity contribution in [2.75, 3.05) is 4.90 Å². The number of anilines is 1. The van der Waals surface area contributed by atoms with Crippen LogP contribution in [0.5, 0.6) is 0 Å². The zero-order chi connectivity index (χ0) is 25.0. The summed E-state index contributed by atoms with van der Waals surface area (Å²) in [5, 5.41) is 13.4. The number of hydrogen-bond acceptors (Lipinski definition) is 6. The van der Waals surface area contributed by atoms with E-state index >= 15 is 0 Å². The van der Waals surface area contributed by atoms with Crippen LogP contribution in [0.3, 0.4) is 0 Å². The van der Waals surface area contributed by atoms with E-state index in [1.807, 2.05) is 6.07 Å². The SMILES string of the molecule is Cc1cc(N2[C@@H]3CC[C@H]2CC(OCc2c(-c4c(F)cccc4F)noc2C2CC2)C3)ncc1C(=O)O. The van der Waals surface area contributed by atoms with Crippen LogP contribution >= 0.6 is 0 Å². The van der Waals surface area contributed by atoms with Crippen LogP contribution in [0.4, 0.5) is 14.6 Å². The van der Waals surface area contributed by atoms with Gasteiger partial charge in [-0.2, -0.15) is 0 Å². The lowest BCUT2D eigenvalue weighted by molar-refractivity contribution is 0.0146. The number of piperidine rings is 1. The predicted octanol–water partition coefficient (Wildman–Crippen LogP) is 5.62. The third kappa shape index (κ3) is 4.05. The molecule has 3 fully saturated rings. The van der Waals surface area contributed by atoms with Crippen molar-refractivity contribution in [2.45, 2.75) is 76.2 Å². The summed E-state index contributed by atoms with van der Waals surface area (Å²) >= 11 is 0. The first kappa shape index (κ1) is 23.1. The van der Waals surface area contributed by atoms with Crippen LogP contribution in [0.1, 0.15) is 71.7 Å². The number of nitrogens with zero attached hydrogens (tertiary/aromatic N) is 3. The van der Waals surface area contributed by atoms with Gasteiger partial charge in [0.25, 0.3) is 0 Å². The zero-order valence-electron chi connectivity index (χ0n) is 19.9. The first-order valence-corrected chi connectivity index (χ1v) is 12.4. The molecule has 1 unspecified atom stereocenters. The molecule has 3 aromatic rings. The summed E-state index contributed by atoms with van der Waals surface area (Å²) < 4.78 is 41.0. The molecule has 1 N–H and O–H groups in total. The molecule has 2 saturated heterocycles. The molecule has 1 saturated carbocycles. The molecule has 0 radical (unpaired) electrons. The predicted molar refractivity (Wildman–Crippen MR) is 127 cm³/mol. The minimum atomic E-state index is -0.976. The van der Waals surface area contributed by atoms with E-state index in [4.69, 9.17) is 9.26 Å². The quantitative estimate of drug-likeness (QED) is 0.455. The first-order valence-electron chi connectivity index (χ1n) is 12.4. The molecule has 4 heterocycles. The summed E-state index contributed by atoms with van der Waals surface area (Å²) in [5.74, 6) is -0.622. The van der Waals surface area contributed by atoms with Gasteiger partial charge < -0.3 is 19.3 Å². The van der Waals surface area contributed by atoms with E-state index in [1.54, 1.807) is 6.92 Å². The number of carboxylic acids is 1. The number of rotatable bonds is 7. The van der Waals surface area contributed by atoms with Crippen LogP contribution in [0.15, 0.2) is 35.0 Å². The number of pyridine rings is 1. The van der Waals surface area contributed by atoms with Crippen molar-refractivity contribution in [3.63, 3.8) is 0 Å². The Bertz CT molecular complexity index is 1290. The molecule has 6 rings (SSSR count). The molecule has 2 aliphatic heterocycles. The maximum atomic E-state index is 14.5. The fraction of sp³-hybridized carbons (Fsp3) is 0.444. The molecule has 7 nitrogen and oxygen atoms in total. The topological polar surface area (TPSA) is 88.7 Å². The van der Waals surface area contributed by atoms with Crippen LogP contribution in [0.25, 0.3) is 11.3 Å². The minimum absolute atomic E-state index is 0.0154. The van der Waals surface area contributed by atoms with Crippen molar-refractivity contribution < 1.29 is 27.9 Å². The summed E-state index contributed by atoms with van der Waals surface area (Å²) in [6, 6.07) is 6.11. The van der Waals surface area contributed by atoms with Gasteiger partial charge in [0.15, 0.2) is 0 Å². The van der Waals surface area contributed by atoms with Crippen molar-refractivity contribution in [3.8, 4) is 11.3 Å². The number of benzene rings is 1. The summed E-state index contributed by atoms with van der Waals surface area (Å²) in [4.78, 5) is 18.1. The van der Waals surface area contributed by atoms with Crippen LogP contribution < -0.4 is 4.90 Å². The lowest BCUT2D eigenvalue weighted by Gasteiger charge is -2.39. The molecule has 1 aliphatic carbocycles. The standard InChI is InChI=1S/C27H27F2N3O4/c1-14-9-23(30-12-19(14)27(33)34)32-16-7-8-17(32)11-18(10-16)35-13-20-25(31-36-26(20)15-5-6-15)24-21(28)3-2-4-22(24)29/h2-4,9,12,15-18H,5-8,10-11,13H2,1H3,(H,33,34)/t16-,17+,18?. The highest BCUT2D eigenvalue weighted by atomic mass is 19.1. The van der Waals surface area contributed by atoms with Crippen LogP contribution in [0, 0.1) is 18.6 Å². The number of ether oxygens (including phenoxy) is 1. The number of carbonyl (C=O) groups is 1. The van der Waals surface area contributed by atoms with Crippen molar-refractivity contribution >= 4 is 11.8 Å². The molecule has 3 atom stereocenters. The van der Waals surface area contributed by atoms with E-state index < -0.39 is 17.6 Å². The number of carboxylic acid groups (broad SMARTS) is 1. The molecule has 0 amide bonds. The van der Waals surface area contributed by atoms with E-state index in [-0.39, 0.29) is 47.5 Å². The third-order valence-corrected chi connectivity index (χ3v) is 7.71. The molecule has 3 aliphatic rings. The maximum absolute atomic E-state index is 14.5. The normalized spacial score (nSPS) is 23.3. The van der Waals surface area contributed by atoms with Crippen LogP contribution in [-0.2, 0) is 11.3 Å². The Labute approximate surface area is 207 Å². The van der Waals surface area contributed by atoms with Gasteiger partial charge in [-0.3, -0.25) is 0 Å². The molecule has 9 heteroatoms. The van der Waals surface area contributed by atoms with Crippen molar-refractivity contribution in [3.05, 3.63) is 64.5 Å². The Morgan fingerprint density at radius 1 is 1.17 bits per heavy atom. The summed E-state index contributed by atoms with van der Waals surface area (Å²) in [6.07, 6.45) is 6.98. The molecule has 2 bridgehead atoms. The second-order valence-electron chi connectivity index (χ2n) is 10.1. The molecule has 188 valence electrons. The van der Waals surface area contributed by atoms with Crippen molar-refractivity contribution in [1.82, 2.24) is 10.1 Å². The van der Waals surface area contributed by atoms with Crippen LogP contribution in [-0.4, -0.2) is 39.4 Å². The van der Waals surface area contributed by atoms with Gasteiger partial charge in [-0.25, -0.2) is 18.6 Å². The van der Waals surface area contributed by atoms with E-state index in [2.05, 4.69) is 15.0 Å². The number of hydrogen-bond donors (Lipinski definition) is 1. The number of fused-ring (bicyclic) bond motifs is 2. The third-order valence-electron chi connectivity index (χ3n) is 7.71. The Balaban J connectivity index is 1.20. The average molecular weight is 496 g/mol. The number of aromatic nitrogens is 2. The van der Waals surface area contributed by atoms with Gasteiger partial charge in [-0.05, 0) is 69.2 Å². The highest BCUT2D eigenvalue weighted by Gasteiger charge is 2.42. The second-order valence-corrected chi connectivity index (χ2v) is 10.1. The Morgan fingerprint density at radius 3 is 2.47 bits per heavy atom. The average Bonchev–Trinajstić information content (AvgIpc) is 3.55. The molecular formula is C27H27F2N3O4. The van der Waals surface area contributed by atoms with Gasteiger partial charge in [0.05, 0.1) is 23.8 Å². The largest absolute Gasteiger partial charge is 0.478 e. The Hall–Kier alpha value is -3.33. The highest BCUT2D eigenvalue weighted by Crippen LogP contribution is 2.45. The monoisotopic (exact) mass is 495 g/mol. The number of aromatic carboxylic acids is 1. The Kier molecular flexibility index (Phi) is 5.75. The summed E-state index contributed by atoms with van der Waals surface area (Å²) in [6.45, 7) is 1.98. The van der Waals surface area contributed by atoms with Gasteiger partial charge in [0.2, 0.25) is 0 Å². The van der Waals surface area contributed by atoms with Gasteiger partial charge in [0, 0.05) is 29.8 Å². The smallest absolute Gasteiger partial charge is 0.337 e. The zero-order valence-corrected chi connectivity index (χ0v) is 19.9. The molecule has 36 heavy (non-hydrogen) atoms. The van der Waals surface area contributed by atoms with Gasteiger partial charge in [0.1, 0.15) is 28.9 Å². The maximum Gasteiger partial charge on any atom is 0.337 e. The molecular weight excluding hydrogens is 468 g/mol. The highest BCUT2D eigenvalue weighted by molar-refractivity contribution is 5.89. The van der Waals surface area contributed by atoms with Gasteiger partial charge >= 0.3 is 5.97 Å². The van der Waals surface area contributed by atoms with Crippen LogP contribution in [0.2, 0.25) is 0 Å². The van der Waals surface area contributed by atoms with Crippen molar-refractivity contribution in [1.29, 1.82) is 0 Å². The fourth-order valence-electron chi connectivity index (χ4n) is 5.79. The lowest BCUT2D eigenvalue weighted by Crippen LogP contribution is -2.46. The molecule has 2 aromatic heterocycles. The summed E-state index contributed by atoms with van der Waals surface area (Å²) in [5.41, 5.74) is 1.56. The first-order chi connectivity index (χ1) is 17.4. The van der Waals surface area contributed by atoms with Gasteiger partial charge in [-0.15, -0.1) is 0 Å². The summed E-state index contributed by atoms with van der Waals surface area (Å²) in [7, 11) is 0. The van der Waals surface area contributed by atoms with E-state index in [1.165, 1.54) is 24.4 Å². The molecule has 1 aromatic carbocycles. The van der Waals surface area contributed by atoms with Gasteiger partial charge in [-0.1, -0.05) is 11.2 Å². The Morgan fingerprint density at radius 2 is 1.86 bits per heavy atom. The van der Waals surface area contributed by atoms with E-state index in [9.17, 15) is 18.7 Å².